The van der Waals surface area contributed by atoms with E-state index in [1.54, 1.807) is 18.3 Å². The summed E-state index contributed by atoms with van der Waals surface area (Å²) >= 11 is 6.09. The molecule has 0 spiro atoms. The van der Waals surface area contributed by atoms with Crippen LogP contribution in [0.25, 0.3) is 0 Å². The number of nitrogens with zero attached hydrogens (tertiary/aromatic N) is 1. The van der Waals surface area contributed by atoms with Crippen molar-refractivity contribution in [3.05, 3.63) is 46.8 Å². The van der Waals surface area contributed by atoms with Gasteiger partial charge in [0.15, 0.2) is 5.76 Å². The van der Waals surface area contributed by atoms with Crippen LogP contribution in [-0.4, -0.2) is 5.16 Å². The molecule has 0 fully saturated rings. The highest BCUT2D eigenvalue weighted by atomic mass is 35.5. The Bertz CT molecular complexity index is 483. The van der Waals surface area contributed by atoms with E-state index in [0.29, 0.717) is 23.1 Å². The molecular formula is C12H13ClN2O2. The van der Waals surface area contributed by atoms with E-state index in [9.17, 15) is 0 Å². The highest BCUT2D eigenvalue weighted by Gasteiger charge is 2.07. The quantitative estimate of drug-likeness (QED) is 0.909. The normalized spacial score (nSPS) is 12.4. The summed E-state index contributed by atoms with van der Waals surface area (Å²) in [5.74, 6) is 1.25. The summed E-state index contributed by atoms with van der Waals surface area (Å²) in [4.78, 5) is 0. The van der Waals surface area contributed by atoms with E-state index in [2.05, 4.69) is 5.16 Å². The second-order valence-corrected chi connectivity index (χ2v) is 4.15. The molecular weight excluding hydrogens is 240 g/mol. The van der Waals surface area contributed by atoms with Crippen molar-refractivity contribution in [3.63, 3.8) is 0 Å². The summed E-state index contributed by atoms with van der Waals surface area (Å²) in [5, 5.41) is 4.13. The molecule has 2 aromatic rings. The van der Waals surface area contributed by atoms with Crippen LogP contribution in [0, 0.1) is 0 Å². The third-order valence-corrected chi connectivity index (χ3v) is 2.64. The van der Waals surface area contributed by atoms with Crippen molar-refractivity contribution >= 4 is 11.6 Å². The molecule has 1 atom stereocenters. The van der Waals surface area contributed by atoms with Crippen LogP contribution in [0.2, 0.25) is 5.02 Å². The van der Waals surface area contributed by atoms with Crippen molar-refractivity contribution in [1.29, 1.82) is 0 Å². The van der Waals surface area contributed by atoms with Gasteiger partial charge >= 0.3 is 0 Å². The maximum Gasteiger partial charge on any atom is 0.174 e. The number of ether oxygens (including phenoxy) is 1. The minimum Gasteiger partial charge on any atom is -0.484 e. The first kappa shape index (κ1) is 12.0. The number of halogens is 1. The maximum atomic E-state index is 6.09. The lowest BCUT2D eigenvalue weighted by molar-refractivity contribution is 0.249. The second-order valence-electron chi connectivity index (χ2n) is 3.75. The molecule has 0 saturated heterocycles. The Kier molecular flexibility index (Phi) is 3.66. The van der Waals surface area contributed by atoms with Crippen LogP contribution in [0.5, 0.6) is 5.75 Å². The minimum absolute atomic E-state index is 0.0455. The molecule has 0 aliphatic rings. The zero-order chi connectivity index (χ0) is 12.3. The van der Waals surface area contributed by atoms with Crippen molar-refractivity contribution in [3.8, 4) is 5.75 Å². The standard InChI is InChI=1S/C12H13ClN2O2/c1-8(14)9-2-3-12(11(13)6-9)16-7-10-4-5-15-17-10/h2-6,8H,7,14H2,1H3/t8-/m1/s1. The molecule has 0 aliphatic heterocycles. The molecule has 0 amide bonds. The van der Waals surface area contributed by atoms with E-state index in [1.807, 2.05) is 19.1 Å². The van der Waals surface area contributed by atoms with E-state index >= 15 is 0 Å². The van der Waals surface area contributed by atoms with Gasteiger partial charge in [0, 0.05) is 12.1 Å². The molecule has 0 bridgehead atoms. The van der Waals surface area contributed by atoms with Gasteiger partial charge in [-0.25, -0.2) is 0 Å². The fraction of sp³-hybridized carbons (Fsp3) is 0.250. The summed E-state index contributed by atoms with van der Waals surface area (Å²) in [6.07, 6.45) is 1.57. The lowest BCUT2D eigenvalue weighted by Crippen LogP contribution is -2.05. The third kappa shape index (κ3) is 2.99. The van der Waals surface area contributed by atoms with E-state index in [4.69, 9.17) is 26.6 Å². The number of aromatic nitrogens is 1. The largest absolute Gasteiger partial charge is 0.484 e. The van der Waals surface area contributed by atoms with Crippen LogP contribution >= 0.6 is 11.6 Å². The fourth-order valence-corrected chi connectivity index (χ4v) is 1.63. The number of benzene rings is 1. The van der Waals surface area contributed by atoms with Crippen LogP contribution in [0.4, 0.5) is 0 Å². The molecule has 17 heavy (non-hydrogen) atoms. The van der Waals surface area contributed by atoms with E-state index in [0.717, 1.165) is 5.56 Å². The van der Waals surface area contributed by atoms with Gasteiger partial charge in [0.1, 0.15) is 12.4 Å². The molecule has 4 nitrogen and oxygen atoms in total. The Morgan fingerprint density at radius 2 is 2.29 bits per heavy atom. The monoisotopic (exact) mass is 252 g/mol. The third-order valence-electron chi connectivity index (χ3n) is 2.34. The molecule has 1 aromatic carbocycles. The summed E-state index contributed by atoms with van der Waals surface area (Å²) in [6.45, 7) is 2.21. The van der Waals surface area contributed by atoms with Crippen molar-refractivity contribution in [1.82, 2.24) is 5.16 Å². The Hall–Kier alpha value is -1.52. The molecule has 0 radical (unpaired) electrons. The summed E-state index contributed by atoms with van der Waals surface area (Å²) in [7, 11) is 0. The van der Waals surface area contributed by atoms with Crippen LogP contribution < -0.4 is 10.5 Å². The molecule has 0 saturated carbocycles. The average Bonchev–Trinajstić information content (AvgIpc) is 2.80. The average molecular weight is 253 g/mol. The maximum absolute atomic E-state index is 6.09. The predicted octanol–water partition coefficient (Wildman–Crippen LogP) is 2.93. The Balaban J connectivity index is 2.06. The Morgan fingerprint density at radius 3 is 2.88 bits per heavy atom. The second kappa shape index (κ2) is 5.21. The van der Waals surface area contributed by atoms with E-state index in [1.165, 1.54) is 0 Å². The SMILES string of the molecule is C[C@@H](N)c1ccc(OCc2ccno2)c(Cl)c1. The van der Waals surface area contributed by atoms with E-state index in [-0.39, 0.29) is 6.04 Å². The first-order chi connectivity index (χ1) is 8.16. The van der Waals surface area contributed by atoms with Gasteiger partial charge in [-0.05, 0) is 24.6 Å². The Labute approximate surface area is 104 Å². The summed E-state index contributed by atoms with van der Waals surface area (Å²) in [5.41, 5.74) is 6.74. The van der Waals surface area contributed by atoms with Crippen LogP contribution in [0.1, 0.15) is 24.3 Å². The van der Waals surface area contributed by atoms with Gasteiger partial charge in [-0.2, -0.15) is 0 Å². The topological polar surface area (TPSA) is 61.3 Å². The first-order valence-corrected chi connectivity index (χ1v) is 5.62. The zero-order valence-electron chi connectivity index (χ0n) is 9.39. The minimum atomic E-state index is -0.0455. The molecule has 2 rings (SSSR count). The van der Waals surface area contributed by atoms with Gasteiger partial charge in [-0.15, -0.1) is 0 Å². The smallest absolute Gasteiger partial charge is 0.174 e. The van der Waals surface area contributed by atoms with Crippen LogP contribution in [-0.2, 0) is 6.61 Å². The van der Waals surface area contributed by atoms with Crippen molar-refractivity contribution in [2.75, 3.05) is 0 Å². The molecule has 5 heteroatoms. The van der Waals surface area contributed by atoms with Gasteiger partial charge in [-0.3, -0.25) is 0 Å². The zero-order valence-corrected chi connectivity index (χ0v) is 10.1. The molecule has 1 aromatic heterocycles. The molecule has 90 valence electrons. The first-order valence-electron chi connectivity index (χ1n) is 5.24. The van der Waals surface area contributed by atoms with Gasteiger partial charge in [0.25, 0.3) is 0 Å². The van der Waals surface area contributed by atoms with Crippen molar-refractivity contribution in [2.45, 2.75) is 19.6 Å². The van der Waals surface area contributed by atoms with Crippen LogP contribution in [0.3, 0.4) is 0 Å². The van der Waals surface area contributed by atoms with Gasteiger partial charge in [0.05, 0.1) is 11.2 Å². The van der Waals surface area contributed by atoms with Crippen molar-refractivity contribution in [2.24, 2.45) is 5.73 Å². The van der Waals surface area contributed by atoms with Crippen molar-refractivity contribution < 1.29 is 9.26 Å². The van der Waals surface area contributed by atoms with Gasteiger partial charge in [-0.1, -0.05) is 22.8 Å². The predicted molar refractivity (Wildman–Crippen MR) is 64.9 cm³/mol. The Morgan fingerprint density at radius 1 is 1.47 bits per heavy atom. The number of rotatable bonds is 4. The number of hydrogen-bond donors (Lipinski definition) is 1. The van der Waals surface area contributed by atoms with Crippen LogP contribution in [0.15, 0.2) is 35.0 Å². The fourth-order valence-electron chi connectivity index (χ4n) is 1.38. The van der Waals surface area contributed by atoms with Gasteiger partial charge < -0.3 is 15.0 Å². The molecule has 1 heterocycles. The summed E-state index contributed by atoms with van der Waals surface area (Å²) in [6, 6.07) is 7.20. The number of hydrogen-bond acceptors (Lipinski definition) is 4. The molecule has 0 aliphatic carbocycles. The molecule has 2 N–H and O–H groups in total. The highest BCUT2D eigenvalue weighted by Crippen LogP contribution is 2.27. The lowest BCUT2D eigenvalue weighted by atomic mass is 10.1. The van der Waals surface area contributed by atoms with Gasteiger partial charge in [0.2, 0.25) is 0 Å². The lowest BCUT2D eigenvalue weighted by Gasteiger charge is -2.10. The molecule has 0 unspecified atom stereocenters. The van der Waals surface area contributed by atoms with E-state index < -0.39 is 0 Å². The number of nitrogens with two attached hydrogens (primary N) is 1. The highest BCUT2D eigenvalue weighted by molar-refractivity contribution is 6.32. The summed E-state index contributed by atoms with van der Waals surface area (Å²) < 4.78 is 10.4.